The Hall–Kier alpha value is -11.6. The summed E-state index contributed by atoms with van der Waals surface area (Å²) in [5.74, 6) is 0. The van der Waals surface area contributed by atoms with Gasteiger partial charge in [-0.1, -0.05) is 247 Å². The zero-order valence-electron chi connectivity index (χ0n) is 67.6. The maximum Gasteiger partial charge on any atom is 0.252 e. The Morgan fingerprint density at radius 3 is 1.30 bits per heavy atom. The molecule has 0 bridgehead atoms. The topological polar surface area (TPSA) is 45.1 Å². The molecule has 0 saturated carbocycles. The van der Waals surface area contributed by atoms with Gasteiger partial charge in [0.1, 0.15) is 11.6 Å². The molecule has 13 aromatic carbocycles. The largest absolute Gasteiger partial charge is 0.311 e. The van der Waals surface area contributed by atoms with Crippen LogP contribution in [0.15, 0.2) is 273 Å². The van der Waals surface area contributed by atoms with Crippen LogP contribution in [0.3, 0.4) is 0 Å². The van der Waals surface area contributed by atoms with Crippen LogP contribution in [-0.2, 0) is 21.7 Å². The van der Waals surface area contributed by atoms with E-state index < -0.39 is 48.4 Å². The van der Waals surface area contributed by atoms with Gasteiger partial charge in [0, 0.05) is 72.0 Å². The maximum absolute atomic E-state index is 12.4. The van der Waals surface area contributed by atoms with Crippen LogP contribution in [0.25, 0.3) is 105 Å². The molecule has 16 aromatic rings. The summed E-state index contributed by atoms with van der Waals surface area (Å²) in [6, 6.07) is 79.8. The number of para-hydroxylation sites is 4. The Morgan fingerprint density at radius 2 is 0.775 bits per heavy atom. The molecule has 0 N–H and O–H groups in total. The van der Waals surface area contributed by atoms with Gasteiger partial charge < -0.3 is 23.5 Å². The molecule has 7 heteroatoms. The molecule has 0 amide bonds. The van der Waals surface area contributed by atoms with Crippen LogP contribution in [0, 0.1) is 11.3 Å². The van der Waals surface area contributed by atoms with Crippen LogP contribution in [0.4, 0.5) is 34.1 Å². The Bertz CT molecular complexity index is 6510. The highest BCUT2D eigenvalue weighted by atomic mass is 15.2. The third-order valence-electron chi connectivity index (χ3n) is 21.6. The van der Waals surface area contributed by atoms with Gasteiger partial charge in [-0.25, -0.2) is 0 Å². The van der Waals surface area contributed by atoms with Gasteiger partial charge in [-0.2, -0.15) is 5.26 Å². The van der Waals surface area contributed by atoms with E-state index in [4.69, 9.17) is 2.74 Å². The van der Waals surface area contributed by atoms with Crippen molar-refractivity contribution in [2.45, 2.75) is 105 Å². The van der Waals surface area contributed by atoms with E-state index in [-0.39, 0.29) is 50.1 Å². The first-order chi connectivity index (χ1) is 52.4. The van der Waals surface area contributed by atoms with Crippen LogP contribution in [0.2, 0.25) is 0 Å². The first kappa shape index (κ1) is 54.3. The van der Waals surface area contributed by atoms with Gasteiger partial charge in [0.15, 0.2) is 0 Å². The molecule has 0 saturated heterocycles. The summed E-state index contributed by atoms with van der Waals surface area (Å²) in [6.07, 6.45) is 0. The summed E-state index contributed by atoms with van der Waals surface area (Å²) >= 11 is 0. The van der Waals surface area contributed by atoms with Gasteiger partial charge in [0.25, 0.3) is 6.71 Å². The normalized spacial score (nSPS) is 14.3. The third kappa shape index (κ3) is 9.74. The second kappa shape index (κ2) is 22.7. The van der Waals surface area contributed by atoms with Crippen molar-refractivity contribution >= 4 is 123 Å². The lowest BCUT2D eigenvalue weighted by atomic mass is 9.33. The van der Waals surface area contributed by atoms with Gasteiger partial charge in [-0.15, -0.1) is 0 Å². The quantitative estimate of drug-likeness (QED) is 0.149. The zero-order chi connectivity index (χ0) is 77.0. The van der Waals surface area contributed by atoms with E-state index in [1.165, 1.54) is 16.7 Å². The van der Waals surface area contributed by atoms with Gasteiger partial charge >= 0.3 is 0 Å². The van der Waals surface area contributed by atoms with Crippen LogP contribution in [0.1, 0.15) is 122 Å². The van der Waals surface area contributed by atoms with E-state index in [9.17, 15) is 13.5 Å². The number of hydrogen-bond donors (Lipinski definition) is 0. The molecule has 6 nitrogen and oxygen atoms in total. The van der Waals surface area contributed by atoms with E-state index in [1.54, 1.807) is 4.57 Å². The van der Waals surface area contributed by atoms with Crippen molar-refractivity contribution in [3.63, 3.8) is 0 Å². The molecule has 0 spiro atoms. The molecule has 494 valence electrons. The van der Waals surface area contributed by atoms with E-state index in [1.807, 2.05) is 12.1 Å². The van der Waals surface area contributed by atoms with Crippen molar-refractivity contribution in [1.82, 2.24) is 13.7 Å². The minimum Gasteiger partial charge on any atom is -0.311 e. The molecule has 0 aliphatic carbocycles. The second-order valence-electron chi connectivity index (χ2n) is 31.9. The molecule has 2 aliphatic heterocycles. The van der Waals surface area contributed by atoms with Gasteiger partial charge in [0.05, 0.1) is 61.1 Å². The standard InChI is InChI=1S/C95H81BN6/c1-92(2,3)62-40-37-59(38-41-62)61-39-48-84(72(51-61)60-25-14-13-15-26-60)102-88-56-66(98-78-31-20-16-27-68(78)69-28-17-21-32-79(69)98)44-46-77(88)96-76-47-45-67(99-85-49-42-63(93(4,5)6)52-73(85)74-53-64(94(7,8)9)43-50-86(74)99)57-87(76)101(89-54-65(95(10,11)12)55-90(102)91(89)96)83-36-24-35-82(75(83)58-97)100-80-33-22-18-29-70(80)71-30-19-23-34-81(71)100/h13-57H,1-12H3/i16D,17D,20D,21D,27D,28D,31D,32D. The minimum atomic E-state index is -0.531. The monoisotopic (exact) mass is 1320 g/mol. The number of nitrogens with zero attached hydrogens (tertiary/aromatic N) is 6. The lowest BCUT2D eigenvalue weighted by Gasteiger charge is -2.45. The second-order valence-corrected chi connectivity index (χ2v) is 31.9. The fourth-order valence-corrected chi connectivity index (χ4v) is 16.2. The fraction of sp³-hybridized carbons (Fsp3) is 0.168. The molecule has 102 heavy (non-hydrogen) atoms. The maximum atomic E-state index is 12.4. The molecule has 0 radical (unpaired) electrons. The summed E-state index contributed by atoms with van der Waals surface area (Å²) in [5.41, 5.74) is 22.1. The summed E-state index contributed by atoms with van der Waals surface area (Å²) < 4.78 is 81.3. The van der Waals surface area contributed by atoms with Crippen molar-refractivity contribution < 1.29 is 11.0 Å². The molecular formula is C95H81BN6. The number of aromatic nitrogens is 3. The highest BCUT2D eigenvalue weighted by Gasteiger charge is 2.46. The fourth-order valence-electron chi connectivity index (χ4n) is 16.2. The smallest absolute Gasteiger partial charge is 0.252 e. The number of rotatable bonds is 7. The van der Waals surface area contributed by atoms with Gasteiger partial charge in [-0.3, -0.25) is 0 Å². The molecule has 0 fully saturated rings. The summed E-state index contributed by atoms with van der Waals surface area (Å²) in [6.45, 7) is 26.4. The predicted octanol–water partition coefficient (Wildman–Crippen LogP) is 23.5. The van der Waals surface area contributed by atoms with Crippen molar-refractivity contribution in [1.29, 1.82) is 5.26 Å². The van der Waals surface area contributed by atoms with E-state index in [2.05, 4.69) is 320 Å². The zero-order valence-corrected chi connectivity index (χ0v) is 59.6. The highest BCUT2D eigenvalue weighted by Crippen LogP contribution is 2.52. The van der Waals surface area contributed by atoms with E-state index in [0.717, 1.165) is 128 Å². The van der Waals surface area contributed by atoms with Crippen LogP contribution in [-0.4, -0.2) is 20.4 Å². The molecule has 5 heterocycles. The number of nitriles is 1. The van der Waals surface area contributed by atoms with E-state index >= 15 is 0 Å². The van der Waals surface area contributed by atoms with Crippen LogP contribution < -0.4 is 26.2 Å². The number of benzene rings is 13. The van der Waals surface area contributed by atoms with Crippen LogP contribution >= 0.6 is 0 Å². The Balaban J connectivity index is 0.991. The lowest BCUT2D eigenvalue weighted by Crippen LogP contribution is -2.61. The van der Waals surface area contributed by atoms with Crippen molar-refractivity contribution in [2.24, 2.45) is 0 Å². The minimum absolute atomic E-state index is 0.00142. The SMILES string of the molecule is [2H]c1c([2H])c([2H])c2c(c1[2H])c1c([2H])c([2H])c([2H])c([2H])c1n2-c1ccc2c(c1)N(c1ccc(-c3ccc(C(C)(C)C)cc3)cc1-c1ccccc1)c1cc(C(C)(C)C)cc3c1B2c1ccc(-n2c4ccc(C(C)(C)C)cc4c4cc(C(C)(C)C)ccc42)cc1N3c1cccc(-n2c3ccccc3c3ccccc32)c1C#N. The van der Waals surface area contributed by atoms with E-state index in [0.29, 0.717) is 16.9 Å². The number of fused-ring (bicyclic) bond motifs is 13. The number of anilines is 6. The molecule has 3 aromatic heterocycles. The average molecular weight is 1330 g/mol. The predicted molar refractivity (Wildman–Crippen MR) is 434 cm³/mol. The lowest BCUT2D eigenvalue weighted by molar-refractivity contribution is 0.590. The van der Waals surface area contributed by atoms with Gasteiger partial charge in [-0.05, 0) is 186 Å². The van der Waals surface area contributed by atoms with Crippen molar-refractivity contribution in [3.8, 4) is 45.4 Å². The van der Waals surface area contributed by atoms with Crippen molar-refractivity contribution in [2.75, 3.05) is 9.80 Å². The summed E-state index contributed by atoms with van der Waals surface area (Å²) in [5, 5.41) is 16.8. The molecule has 0 atom stereocenters. The number of hydrogen-bond acceptors (Lipinski definition) is 3. The molecule has 0 unspecified atom stereocenters. The Kier molecular flexibility index (Phi) is 12.1. The first-order valence-electron chi connectivity index (χ1n) is 39.4. The van der Waals surface area contributed by atoms with Crippen LogP contribution in [0.5, 0.6) is 0 Å². The molecular weight excluding hydrogens is 1240 g/mol. The highest BCUT2D eigenvalue weighted by molar-refractivity contribution is 7.00. The molecule has 18 rings (SSSR count). The average Bonchev–Trinajstić information content (AvgIpc) is 1.06. The first-order valence-corrected chi connectivity index (χ1v) is 35.4. The van der Waals surface area contributed by atoms with Crippen molar-refractivity contribution in [3.05, 3.63) is 301 Å². The summed E-state index contributed by atoms with van der Waals surface area (Å²) in [7, 11) is 0. The summed E-state index contributed by atoms with van der Waals surface area (Å²) in [4.78, 5) is 4.71. The Labute approximate surface area is 609 Å². The van der Waals surface area contributed by atoms with Gasteiger partial charge in [0.2, 0.25) is 0 Å². The Morgan fingerprint density at radius 1 is 0.314 bits per heavy atom. The molecule has 2 aliphatic rings. The third-order valence-corrected chi connectivity index (χ3v) is 21.6.